The minimum Gasteiger partial charge on any atom is -0.497 e. The van der Waals surface area contributed by atoms with E-state index in [0.717, 1.165) is 48.3 Å². The van der Waals surface area contributed by atoms with Gasteiger partial charge in [0.2, 0.25) is 0 Å². The molecule has 3 rings (SSSR count). The van der Waals surface area contributed by atoms with Crippen LogP contribution in [0.3, 0.4) is 0 Å². The molecule has 0 radical (unpaired) electrons. The van der Waals surface area contributed by atoms with Crippen molar-refractivity contribution in [3.8, 4) is 5.75 Å². The fourth-order valence-corrected chi connectivity index (χ4v) is 2.72. The summed E-state index contributed by atoms with van der Waals surface area (Å²) >= 11 is 0. The summed E-state index contributed by atoms with van der Waals surface area (Å²) in [4.78, 5) is 6.84. The summed E-state index contributed by atoms with van der Waals surface area (Å²) in [5, 5.41) is 2.32. The predicted molar refractivity (Wildman–Crippen MR) is 77.7 cm³/mol. The van der Waals surface area contributed by atoms with Gasteiger partial charge < -0.3 is 15.4 Å². The molecule has 1 aromatic heterocycles. The maximum absolute atomic E-state index is 6.06. The largest absolute Gasteiger partial charge is 0.497 e. The summed E-state index contributed by atoms with van der Waals surface area (Å²) in [6.07, 6.45) is 4.10. The number of ether oxygens (including phenoxy) is 1. The van der Waals surface area contributed by atoms with Crippen LogP contribution in [0, 0.1) is 0 Å². The van der Waals surface area contributed by atoms with Gasteiger partial charge in [0.15, 0.2) is 0 Å². The highest BCUT2D eigenvalue weighted by Gasteiger charge is 2.19. The zero-order chi connectivity index (χ0) is 13.2. The molecule has 2 heterocycles. The van der Waals surface area contributed by atoms with Crippen LogP contribution in [0.5, 0.6) is 5.75 Å². The third kappa shape index (κ3) is 2.36. The highest BCUT2D eigenvalue weighted by Crippen LogP contribution is 2.29. The maximum atomic E-state index is 6.06. The number of piperidine rings is 1. The summed E-state index contributed by atoms with van der Waals surface area (Å²) < 4.78 is 5.27. The summed E-state index contributed by atoms with van der Waals surface area (Å²) in [6.45, 7) is 1.92. The van der Waals surface area contributed by atoms with Gasteiger partial charge in [0.25, 0.3) is 0 Å². The van der Waals surface area contributed by atoms with E-state index >= 15 is 0 Å². The molecule has 0 saturated carbocycles. The van der Waals surface area contributed by atoms with E-state index < -0.39 is 0 Å². The Morgan fingerprint density at radius 3 is 3.05 bits per heavy atom. The minimum absolute atomic E-state index is 0.254. The van der Waals surface area contributed by atoms with Crippen molar-refractivity contribution >= 4 is 16.6 Å². The van der Waals surface area contributed by atoms with Gasteiger partial charge in [-0.2, -0.15) is 0 Å². The molecule has 2 aromatic rings. The average molecular weight is 257 g/mol. The lowest BCUT2D eigenvalue weighted by Crippen LogP contribution is -2.43. The van der Waals surface area contributed by atoms with Crippen LogP contribution in [0.15, 0.2) is 30.5 Å². The van der Waals surface area contributed by atoms with Gasteiger partial charge in [-0.1, -0.05) is 0 Å². The molecule has 1 aliphatic rings. The monoisotopic (exact) mass is 257 g/mol. The maximum Gasteiger partial charge on any atom is 0.136 e. The zero-order valence-corrected chi connectivity index (χ0v) is 11.2. The van der Waals surface area contributed by atoms with E-state index in [-0.39, 0.29) is 6.04 Å². The van der Waals surface area contributed by atoms with Crippen molar-refractivity contribution in [2.75, 3.05) is 25.1 Å². The summed E-state index contributed by atoms with van der Waals surface area (Å²) in [7, 11) is 1.69. The van der Waals surface area contributed by atoms with Crippen LogP contribution in [-0.2, 0) is 0 Å². The molecule has 2 N–H and O–H groups in total. The number of anilines is 1. The Hall–Kier alpha value is -1.81. The second kappa shape index (κ2) is 5.05. The van der Waals surface area contributed by atoms with Crippen molar-refractivity contribution in [3.05, 3.63) is 30.5 Å². The molecule has 0 bridgehead atoms. The summed E-state index contributed by atoms with van der Waals surface area (Å²) in [6, 6.07) is 8.38. The molecule has 1 aromatic carbocycles. The molecule has 19 heavy (non-hydrogen) atoms. The second-order valence-electron chi connectivity index (χ2n) is 5.07. The number of nitrogens with two attached hydrogens (primary N) is 1. The number of methoxy groups -OCH3 is 1. The standard InChI is InChI=1S/C15H19N3O/c1-19-13-4-5-14-11(9-13)6-7-17-15(14)18-8-2-3-12(16)10-18/h4-7,9,12H,2-3,8,10,16H2,1H3. The van der Waals surface area contributed by atoms with Crippen molar-refractivity contribution in [1.29, 1.82) is 0 Å². The van der Waals surface area contributed by atoms with Gasteiger partial charge in [-0.15, -0.1) is 0 Å². The quantitative estimate of drug-likeness (QED) is 0.896. The summed E-state index contributed by atoms with van der Waals surface area (Å²) in [5.74, 6) is 1.91. The fraction of sp³-hybridized carbons (Fsp3) is 0.400. The van der Waals surface area contributed by atoms with Crippen LogP contribution < -0.4 is 15.4 Å². The van der Waals surface area contributed by atoms with Gasteiger partial charge in [0.05, 0.1) is 7.11 Å². The molecule has 1 saturated heterocycles. The minimum atomic E-state index is 0.254. The average Bonchev–Trinajstić information content (AvgIpc) is 2.46. The molecular formula is C15H19N3O. The van der Waals surface area contributed by atoms with Gasteiger partial charge in [-0.05, 0) is 42.5 Å². The highest BCUT2D eigenvalue weighted by molar-refractivity contribution is 5.93. The van der Waals surface area contributed by atoms with Gasteiger partial charge >= 0.3 is 0 Å². The van der Waals surface area contributed by atoms with Crippen LogP contribution in [0.2, 0.25) is 0 Å². The molecule has 4 heteroatoms. The Labute approximate surface area is 113 Å². The number of pyridine rings is 1. The molecule has 0 spiro atoms. The van der Waals surface area contributed by atoms with E-state index in [1.807, 2.05) is 24.4 Å². The van der Waals surface area contributed by atoms with Crippen molar-refractivity contribution in [2.24, 2.45) is 5.73 Å². The zero-order valence-electron chi connectivity index (χ0n) is 11.2. The Morgan fingerprint density at radius 1 is 1.37 bits per heavy atom. The van der Waals surface area contributed by atoms with E-state index in [2.05, 4.69) is 16.0 Å². The second-order valence-corrected chi connectivity index (χ2v) is 5.07. The van der Waals surface area contributed by atoms with Crippen molar-refractivity contribution in [1.82, 2.24) is 4.98 Å². The van der Waals surface area contributed by atoms with Gasteiger partial charge in [-0.25, -0.2) is 4.98 Å². The van der Waals surface area contributed by atoms with Gasteiger partial charge in [0.1, 0.15) is 11.6 Å². The lowest BCUT2D eigenvalue weighted by molar-refractivity contribution is 0.415. The number of fused-ring (bicyclic) bond motifs is 1. The number of aromatic nitrogens is 1. The normalized spacial score (nSPS) is 19.7. The SMILES string of the molecule is COc1ccc2c(N3CCCC(N)C3)nccc2c1. The molecule has 0 amide bonds. The molecule has 1 aliphatic heterocycles. The predicted octanol–water partition coefficient (Wildman–Crippen LogP) is 2.17. The van der Waals surface area contributed by atoms with Crippen molar-refractivity contribution < 1.29 is 4.74 Å². The highest BCUT2D eigenvalue weighted by atomic mass is 16.5. The first-order valence-electron chi connectivity index (χ1n) is 6.71. The van der Waals surface area contributed by atoms with E-state index in [1.54, 1.807) is 7.11 Å². The van der Waals surface area contributed by atoms with Crippen LogP contribution in [0.4, 0.5) is 5.82 Å². The first kappa shape index (κ1) is 12.2. The lowest BCUT2D eigenvalue weighted by atomic mass is 10.1. The van der Waals surface area contributed by atoms with Crippen LogP contribution >= 0.6 is 0 Å². The third-order valence-electron chi connectivity index (χ3n) is 3.71. The fourth-order valence-electron chi connectivity index (χ4n) is 2.72. The Bertz CT molecular complexity index is 585. The molecule has 1 unspecified atom stereocenters. The molecule has 1 fully saturated rings. The first-order valence-corrected chi connectivity index (χ1v) is 6.71. The number of hydrogen-bond donors (Lipinski definition) is 1. The molecule has 0 aliphatic carbocycles. The van der Waals surface area contributed by atoms with Gasteiger partial charge in [0, 0.05) is 30.7 Å². The van der Waals surface area contributed by atoms with E-state index in [1.165, 1.54) is 0 Å². The van der Waals surface area contributed by atoms with E-state index in [0.29, 0.717) is 0 Å². The third-order valence-corrected chi connectivity index (χ3v) is 3.71. The molecule has 4 nitrogen and oxygen atoms in total. The number of nitrogens with zero attached hydrogens (tertiary/aromatic N) is 2. The number of hydrogen-bond acceptors (Lipinski definition) is 4. The number of rotatable bonds is 2. The summed E-state index contributed by atoms with van der Waals surface area (Å²) in [5.41, 5.74) is 6.06. The van der Waals surface area contributed by atoms with E-state index in [9.17, 15) is 0 Å². The topological polar surface area (TPSA) is 51.4 Å². The smallest absolute Gasteiger partial charge is 0.136 e. The van der Waals surface area contributed by atoms with Crippen LogP contribution in [-0.4, -0.2) is 31.2 Å². The van der Waals surface area contributed by atoms with E-state index in [4.69, 9.17) is 10.5 Å². The number of benzene rings is 1. The molecule has 1 atom stereocenters. The van der Waals surface area contributed by atoms with Crippen LogP contribution in [0.25, 0.3) is 10.8 Å². The van der Waals surface area contributed by atoms with Crippen molar-refractivity contribution in [2.45, 2.75) is 18.9 Å². The molecule has 100 valence electrons. The van der Waals surface area contributed by atoms with Crippen LogP contribution in [0.1, 0.15) is 12.8 Å². The molecular weight excluding hydrogens is 238 g/mol. The van der Waals surface area contributed by atoms with Crippen molar-refractivity contribution in [3.63, 3.8) is 0 Å². The first-order chi connectivity index (χ1) is 9.28. The Balaban J connectivity index is 2.03. The Morgan fingerprint density at radius 2 is 2.26 bits per heavy atom. The van der Waals surface area contributed by atoms with Gasteiger partial charge in [-0.3, -0.25) is 0 Å². The lowest BCUT2D eigenvalue weighted by Gasteiger charge is -2.32. The Kier molecular flexibility index (Phi) is 3.25.